The van der Waals surface area contributed by atoms with Crippen LogP contribution in [0, 0.1) is 5.92 Å². The van der Waals surface area contributed by atoms with E-state index in [1.165, 1.54) is 89.9 Å². The Morgan fingerprint density at radius 3 is 1.82 bits per heavy atom. The highest BCUT2D eigenvalue weighted by Crippen LogP contribution is 2.28. The van der Waals surface area contributed by atoms with E-state index in [9.17, 15) is 9.59 Å². The molecule has 1 aromatic carbocycles. The number of nitrogens with one attached hydrogen (secondary N) is 1. The van der Waals surface area contributed by atoms with Gasteiger partial charge in [-0.1, -0.05) is 130 Å². The van der Waals surface area contributed by atoms with Gasteiger partial charge in [-0.2, -0.15) is 0 Å². The smallest absolute Gasteiger partial charge is 0.311 e. The molecule has 1 rings (SSSR count). The van der Waals surface area contributed by atoms with Crippen molar-refractivity contribution in [3.05, 3.63) is 23.8 Å². The first-order valence-electron chi connectivity index (χ1n) is 16.1. The van der Waals surface area contributed by atoms with E-state index in [0.29, 0.717) is 30.9 Å². The molecule has 1 amide bonds. The number of rotatable bonds is 25. The predicted octanol–water partition coefficient (Wildman–Crippen LogP) is 9.69. The summed E-state index contributed by atoms with van der Waals surface area (Å²) in [5, 5.41) is 2.99. The molecule has 0 heterocycles. The molecule has 0 spiro atoms. The van der Waals surface area contributed by atoms with E-state index in [2.05, 4.69) is 26.1 Å². The molecule has 0 radical (unpaired) electrons. The molecular weight excluding hydrogens is 486 g/mol. The summed E-state index contributed by atoms with van der Waals surface area (Å²) in [7, 11) is 1.57. The highest BCUT2D eigenvalue weighted by atomic mass is 16.6. The predicted molar refractivity (Wildman–Crippen MR) is 163 cm³/mol. The maximum absolute atomic E-state index is 12.3. The standard InChI is InChI=1S/C34H59NO4/c1-5-6-7-8-9-10-11-12-13-14-15-16-21-24-34(37)39-31-26-25-30(27-32(31)38-4)28-35-33(36)23-20-18-17-19-22-29(2)3/h25-27,29H,5-24,28H2,1-4H3,(H,35,36). The minimum absolute atomic E-state index is 0.0751. The third-order valence-electron chi connectivity index (χ3n) is 7.36. The maximum atomic E-state index is 12.3. The third-order valence-corrected chi connectivity index (χ3v) is 7.36. The molecule has 0 fully saturated rings. The van der Waals surface area contributed by atoms with Crippen LogP contribution in [0.25, 0.3) is 0 Å². The molecule has 0 bridgehead atoms. The number of carbonyl (C=O) groups excluding carboxylic acids is 2. The number of amides is 1. The van der Waals surface area contributed by atoms with E-state index >= 15 is 0 Å². The fourth-order valence-electron chi connectivity index (χ4n) is 4.85. The first kappa shape index (κ1) is 35.0. The summed E-state index contributed by atoms with van der Waals surface area (Å²) >= 11 is 0. The van der Waals surface area contributed by atoms with Crippen LogP contribution in [0.3, 0.4) is 0 Å². The second kappa shape index (κ2) is 23.8. The van der Waals surface area contributed by atoms with Crippen LogP contribution >= 0.6 is 0 Å². The van der Waals surface area contributed by atoms with E-state index in [1.807, 2.05) is 12.1 Å². The molecular formula is C34H59NO4. The van der Waals surface area contributed by atoms with Gasteiger partial charge in [-0.3, -0.25) is 9.59 Å². The van der Waals surface area contributed by atoms with E-state index in [4.69, 9.17) is 9.47 Å². The number of esters is 1. The van der Waals surface area contributed by atoms with Gasteiger partial charge in [-0.15, -0.1) is 0 Å². The minimum atomic E-state index is -0.217. The number of hydrogen-bond donors (Lipinski definition) is 1. The molecule has 39 heavy (non-hydrogen) atoms. The van der Waals surface area contributed by atoms with Gasteiger partial charge in [0.2, 0.25) is 5.91 Å². The fourth-order valence-corrected chi connectivity index (χ4v) is 4.85. The molecule has 0 aliphatic heterocycles. The van der Waals surface area contributed by atoms with Gasteiger partial charge in [0.1, 0.15) is 0 Å². The average molecular weight is 546 g/mol. The summed E-state index contributed by atoms with van der Waals surface area (Å²) in [6.45, 7) is 7.21. The lowest BCUT2D eigenvalue weighted by Gasteiger charge is -2.12. The second-order valence-electron chi connectivity index (χ2n) is 11.6. The van der Waals surface area contributed by atoms with Crippen LogP contribution in [0.1, 0.15) is 155 Å². The number of hydrogen-bond acceptors (Lipinski definition) is 4. The lowest BCUT2D eigenvalue weighted by Crippen LogP contribution is -2.22. The summed E-state index contributed by atoms with van der Waals surface area (Å²) in [6, 6.07) is 5.47. The first-order valence-corrected chi connectivity index (χ1v) is 16.1. The monoisotopic (exact) mass is 545 g/mol. The zero-order valence-corrected chi connectivity index (χ0v) is 25.8. The van der Waals surface area contributed by atoms with Crippen molar-refractivity contribution in [3.63, 3.8) is 0 Å². The zero-order chi connectivity index (χ0) is 28.6. The zero-order valence-electron chi connectivity index (χ0n) is 25.8. The molecule has 0 aromatic heterocycles. The molecule has 0 atom stereocenters. The third kappa shape index (κ3) is 19.6. The Labute approximate surface area is 240 Å². The summed E-state index contributed by atoms with van der Waals surface area (Å²) in [5.74, 6) is 1.57. The van der Waals surface area contributed by atoms with Crippen LogP contribution in [0.5, 0.6) is 11.5 Å². The molecule has 5 nitrogen and oxygen atoms in total. The van der Waals surface area contributed by atoms with E-state index < -0.39 is 0 Å². The molecule has 0 saturated carbocycles. The Morgan fingerprint density at radius 1 is 0.718 bits per heavy atom. The SMILES string of the molecule is CCCCCCCCCCCCCCCC(=O)Oc1ccc(CNC(=O)CCCCCCC(C)C)cc1OC. The largest absolute Gasteiger partial charge is 0.493 e. The van der Waals surface area contributed by atoms with E-state index in [0.717, 1.165) is 37.2 Å². The van der Waals surface area contributed by atoms with Crippen molar-refractivity contribution in [1.29, 1.82) is 0 Å². The maximum Gasteiger partial charge on any atom is 0.311 e. The Morgan fingerprint density at radius 2 is 1.26 bits per heavy atom. The molecule has 1 aromatic rings. The van der Waals surface area contributed by atoms with Crippen LogP contribution in [0.2, 0.25) is 0 Å². The van der Waals surface area contributed by atoms with Crippen molar-refractivity contribution in [1.82, 2.24) is 5.32 Å². The van der Waals surface area contributed by atoms with Gasteiger partial charge in [0.05, 0.1) is 7.11 Å². The molecule has 1 N–H and O–H groups in total. The lowest BCUT2D eigenvalue weighted by atomic mass is 10.0. The van der Waals surface area contributed by atoms with E-state index in [-0.39, 0.29) is 11.9 Å². The van der Waals surface area contributed by atoms with Gasteiger partial charge in [-0.05, 0) is 36.5 Å². The van der Waals surface area contributed by atoms with Crippen molar-refractivity contribution in [3.8, 4) is 11.5 Å². The van der Waals surface area contributed by atoms with Crippen LogP contribution < -0.4 is 14.8 Å². The molecule has 0 unspecified atom stereocenters. The van der Waals surface area contributed by atoms with Crippen molar-refractivity contribution >= 4 is 11.9 Å². The normalized spacial score (nSPS) is 11.1. The minimum Gasteiger partial charge on any atom is -0.493 e. The summed E-state index contributed by atoms with van der Waals surface area (Å²) < 4.78 is 11.0. The van der Waals surface area contributed by atoms with Gasteiger partial charge >= 0.3 is 5.97 Å². The fraction of sp³-hybridized carbons (Fsp3) is 0.765. The molecule has 224 valence electrons. The number of unbranched alkanes of at least 4 members (excludes halogenated alkanes) is 15. The van der Waals surface area contributed by atoms with E-state index in [1.54, 1.807) is 13.2 Å². The first-order chi connectivity index (χ1) is 19.0. The molecule has 0 saturated heterocycles. The van der Waals surface area contributed by atoms with Crippen molar-refractivity contribution in [2.75, 3.05) is 7.11 Å². The van der Waals surface area contributed by atoms with Crippen LogP contribution in [-0.4, -0.2) is 19.0 Å². The number of ether oxygens (including phenoxy) is 2. The van der Waals surface area contributed by atoms with Crippen LogP contribution in [-0.2, 0) is 16.1 Å². The Kier molecular flexibility index (Phi) is 21.4. The highest BCUT2D eigenvalue weighted by Gasteiger charge is 2.12. The highest BCUT2D eigenvalue weighted by molar-refractivity contribution is 5.76. The van der Waals surface area contributed by atoms with Crippen molar-refractivity contribution < 1.29 is 19.1 Å². The lowest BCUT2D eigenvalue weighted by molar-refractivity contribution is -0.134. The van der Waals surface area contributed by atoms with Gasteiger partial charge in [0, 0.05) is 19.4 Å². The number of carbonyl (C=O) groups is 2. The Balaban J connectivity index is 2.16. The van der Waals surface area contributed by atoms with Crippen LogP contribution in [0.15, 0.2) is 18.2 Å². The van der Waals surface area contributed by atoms with Gasteiger partial charge in [-0.25, -0.2) is 0 Å². The summed E-state index contributed by atoms with van der Waals surface area (Å²) in [5.41, 5.74) is 0.924. The Bertz CT molecular complexity index is 762. The molecule has 0 aliphatic carbocycles. The quantitative estimate of drug-likeness (QED) is 0.0754. The second-order valence-corrected chi connectivity index (χ2v) is 11.6. The topological polar surface area (TPSA) is 64.6 Å². The Hall–Kier alpha value is -2.04. The van der Waals surface area contributed by atoms with Gasteiger partial charge in [0.15, 0.2) is 11.5 Å². The van der Waals surface area contributed by atoms with Crippen molar-refractivity contribution in [2.24, 2.45) is 5.92 Å². The number of benzene rings is 1. The average Bonchev–Trinajstić information content (AvgIpc) is 2.92. The number of methoxy groups -OCH3 is 1. The summed E-state index contributed by atoms with van der Waals surface area (Å²) in [6.07, 6.45) is 23.4. The molecule has 0 aliphatic rings. The van der Waals surface area contributed by atoms with Crippen LogP contribution in [0.4, 0.5) is 0 Å². The van der Waals surface area contributed by atoms with Gasteiger partial charge < -0.3 is 14.8 Å². The van der Waals surface area contributed by atoms with Crippen molar-refractivity contribution in [2.45, 2.75) is 156 Å². The molecule has 5 heteroatoms. The summed E-state index contributed by atoms with van der Waals surface area (Å²) in [4.78, 5) is 24.5. The van der Waals surface area contributed by atoms with Gasteiger partial charge in [0.25, 0.3) is 0 Å².